The van der Waals surface area contributed by atoms with E-state index >= 15 is 0 Å². The maximum absolute atomic E-state index is 12.3. The monoisotopic (exact) mass is 348 g/mol. The van der Waals surface area contributed by atoms with Crippen LogP contribution < -0.4 is 14.8 Å². The summed E-state index contributed by atoms with van der Waals surface area (Å²) in [5.41, 5.74) is 3.16. The number of rotatable bonds is 7. The number of hydrogen-bond acceptors (Lipinski definition) is 6. The van der Waals surface area contributed by atoms with Crippen LogP contribution in [0.4, 0.5) is 0 Å². The Balaban J connectivity index is 1.60. The minimum absolute atomic E-state index is 0.122. The first-order valence-electron chi connectivity index (χ1n) is 7.84. The standard InChI is InChI=1S/C17H20N2O4S/c1-21-16-7-12(17(20)18-8-14-3-2-6-22-14)4-5-15(16)23-9-13-10-24-11-19-13/h4-5,7,10-11,14H,2-3,6,8-9H2,1H3,(H,18,20)/t14-/m0/s1. The van der Waals surface area contributed by atoms with E-state index in [1.165, 1.54) is 11.3 Å². The summed E-state index contributed by atoms with van der Waals surface area (Å²) < 4.78 is 16.6. The molecule has 6 nitrogen and oxygen atoms in total. The van der Waals surface area contributed by atoms with Crippen LogP contribution in [0, 0.1) is 0 Å². The molecule has 1 atom stereocenters. The third-order valence-electron chi connectivity index (χ3n) is 3.80. The molecule has 0 saturated carbocycles. The SMILES string of the molecule is COc1cc(C(=O)NC[C@@H]2CCCO2)ccc1OCc1cscn1. The fourth-order valence-electron chi connectivity index (χ4n) is 2.50. The highest BCUT2D eigenvalue weighted by Gasteiger charge is 2.17. The molecule has 7 heteroatoms. The number of benzene rings is 1. The first-order chi connectivity index (χ1) is 11.8. The molecule has 1 aromatic heterocycles. The van der Waals surface area contributed by atoms with Crippen molar-refractivity contribution in [2.24, 2.45) is 0 Å². The molecule has 1 N–H and O–H groups in total. The molecule has 0 bridgehead atoms. The van der Waals surface area contributed by atoms with Gasteiger partial charge < -0.3 is 19.5 Å². The van der Waals surface area contributed by atoms with Crippen molar-refractivity contribution in [3.63, 3.8) is 0 Å². The van der Waals surface area contributed by atoms with E-state index in [0.717, 1.165) is 25.1 Å². The first-order valence-corrected chi connectivity index (χ1v) is 8.78. The quantitative estimate of drug-likeness (QED) is 0.833. The summed E-state index contributed by atoms with van der Waals surface area (Å²) in [4.78, 5) is 16.4. The zero-order valence-electron chi connectivity index (χ0n) is 13.5. The summed E-state index contributed by atoms with van der Waals surface area (Å²) in [5.74, 6) is 0.964. The van der Waals surface area contributed by atoms with E-state index < -0.39 is 0 Å². The lowest BCUT2D eigenvalue weighted by atomic mass is 10.1. The van der Waals surface area contributed by atoms with E-state index in [1.54, 1.807) is 30.8 Å². The Kier molecular flexibility index (Phi) is 5.66. The second-order valence-electron chi connectivity index (χ2n) is 5.48. The van der Waals surface area contributed by atoms with E-state index in [2.05, 4.69) is 10.3 Å². The van der Waals surface area contributed by atoms with Gasteiger partial charge in [-0.2, -0.15) is 0 Å². The fraction of sp³-hybridized carbons (Fsp3) is 0.412. The summed E-state index contributed by atoms with van der Waals surface area (Å²) >= 11 is 1.52. The molecule has 0 radical (unpaired) electrons. The Morgan fingerprint density at radius 2 is 2.38 bits per heavy atom. The zero-order valence-corrected chi connectivity index (χ0v) is 14.3. The van der Waals surface area contributed by atoms with Gasteiger partial charge in [0, 0.05) is 24.1 Å². The number of carbonyl (C=O) groups excluding carboxylic acids is 1. The van der Waals surface area contributed by atoms with Gasteiger partial charge in [-0.05, 0) is 31.0 Å². The number of methoxy groups -OCH3 is 1. The molecule has 1 fully saturated rings. The fourth-order valence-corrected chi connectivity index (χ4v) is 3.05. The highest BCUT2D eigenvalue weighted by molar-refractivity contribution is 7.07. The van der Waals surface area contributed by atoms with Crippen LogP contribution in [0.1, 0.15) is 28.9 Å². The van der Waals surface area contributed by atoms with Gasteiger partial charge in [-0.1, -0.05) is 0 Å². The lowest BCUT2D eigenvalue weighted by molar-refractivity contribution is 0.0857. The van der Waals surface area contributed by atoms with E-state index in [4.69, 9.17) is 14.2 Å². The van der Waals surface area contributed by atoms with Crippen molar-refractivity contribution >= 4 is 17.2 Å². The van der Waals surface area contributed by atoms with E-state index in [0.29, 0.717) is 30.2 Å². The molecule has 2 aromatic rings. The van der Waals surface area contributed by atoms with Crippen LogP contribution in [0.25, 0.3) is 0 Å². The third kappa shape index (κ3) is 4.24. The third-order valence-corrected chi connectivity index (χ3v) is 4.43. The zero-order chi connectivity index (χ0) is 16.8. The molecule has 3 rings (SSSR count). The van der Waals surface area contributed by atoms with Crippen LogP contribution in [0.3, 0.4) is 0 Å². The lowest BCUT2D eigenvalue weighted by Gasteiger charge is -2.13. The van der Waals surface area contributed by atoms with Crippen molar-refractivity contribution in [2.45, 2.75) is 25.6 Å². The summed E-state index contributed by atoms with van der Waals surface area (Å²) in [6.45, 7) is 1.67. The largest absolute Gasteiger partial charge is 0.493 e. The van der Waals surface area contributed by atoms with E-state index in [-0.39, 0.29) is 12.0 Å². The Bertz CT molecular complexity index is 669. The maximum atomic E-state index is 12.3. The second-order valence-corrected chi connectivity index (χ2v) is 6.20. The molecule has 2 heterocycles. The average Bonchev–Trinajstić information content (AvgIpc) is 3.31. The van der Waals surface area contributed by atoms with Gasteiger partial charge >= 0.3 is 0 Å². The average molecular weight is 348 g/mol. The van der Waals surface area contributed by atoms with Crippen molar-refractivity contribution in [1.29, 1.82) is 0 Å². The van der Waals surface area contributed by atoms with E-state index in [9.17, 15) is 4.79 Å². The van der Waals surface area contributed by atoms with Gasteiger partial charge in [-0.3, -0.25) is 4.79 Å². The van der Waals surface area contributed by atoms with Gasteiger partial charge in [0.2, 0.25) is 0 Å². The van der Waals surface area contributed by atoms with Crippen LogP contribution in [0.5, 0.6) is 11.5 Å². The van der Waals surface area contributed by atoms with Gasteiger partial charge in [0.1, 0.15) is 6.61 Å². The van der Waals surface area contributed by atoms with Crippen LogP contribution in [0.2, 0.25) is 0 Å². The Labute approximate surface area is 144 Å². The van der Waals surface area contributed by atoms with Gasteiger partial charge in [0.05, 0.1) is 24.4 Å². The molecule has 24 heavy (non-hydrogen) atoms. The maximum Gasteiger partial charge on any atom is 0.251 e. The summed E-state index contributed by atoms with van der Waals surface area (Å²) in [5, 5.41) is 4.83. The number of thiazole rings is 1. The van der Waals surface area contributed by atoms with Gasteiger partial charge in [0.15, 0.2) is 11.5 Å². The molecule has 1 aliphatic rings. The van der Waals surface area contributed by atoms with Crippen molar-refractivity contribution in [3.8, 4) is 11.5 Å². The topological polar surface area (TPSA) is 69.7 Å². The van der Waals surface area contributed by atoms with Crippen LogP contribution >= 0.6 is 11.3 Å². The minimum Gasteiger partial charge on any atom is -0.493 e. The smallest absolute Gasteiger partial charge is 0.251 e. The second kappa shape index (κ2) is 8.12. The highest BCUT2D eigenvalue weighted by atomic mass is 32.1. The summed E-state index contributed by atoms with van der Waals surface area (Å²) in [6, 6.07) is 5.15. The normalized spacial score (nSPS) is 16.8. The van der Waals surface area contributed by atoms with Gasteiger partial charge in [-0.25, -0.2) is 4.98 Å². The number of nitrogens with one attached hydrogen (secondary N) is 1. The molecule has 128 valence electrons. The Morgan fingerprint density at radius 1 is 1.46 bits per heavy atom. The van der Waals surface area contributed by atoms with Crippen molar-refractivity contribution in [3.05, 3.63) is 40.3 Å². The van der Waals surface area contributed by atoms with Crippen LogP contribution in [0.15, 0.2) is 29.1 Å². The first kappa shape index (κ1) is 16.7. The van der Waals surface area contributed by atoms with Crippen molar-refractivity contribution in [1.82, 2.24) is 10.3 Å². The van der Waals surface area contributed by atoms with Gasteiger partial charge in [-0.15, -0.1) is 11.3 Å². The predicted molar refractivity (Wildman–Crippen MR) is 90.7 cm³/mol. The van der Waals surface area contributed by atoms with Gasteiger partial charge in [0.25, 0.3) is 5.91 Å². The number of hydrogen-bond donors (Lipinski definition) is 1. The summed E-state index contributed by atoms with van der Waals surface area (Å²) in [7, 11) is 1.55. The highest BCUT2D eigenvalue weighted by Crippen LogP contribution is 2.29. The van der Waals surface area contributed by atoms with Crippen LogP contribution in [-0.4, -0.2) is 37.3 Å². The molecule has 0 aliphatic carbocycles. The van der Waals surface area contributed by atoms with Crippen LogP contribution in [-0.2, 0) is 11.3 Å². The van der Waals surface area contributed by atoms with E-state index in [1.807, 2.05) is 5.38 Å². The molecule has 0 spiro atoms. The molecule has 1 aliphatic heterocycles. The summed E-state index contributed by atoms with van der Waals surface area (Å²) in [6.07, 6.45) is 2.17. The Hall–Kier alpha value is -2.12. The number of aromatic nitrogens is 1. The predicted octanol–water partition coefficient (Wildman–Crippen LogP) is 2.64. The van der Waals surface area contributed by atoms with Crippen molar-refractivity contribution < 1.29 is 19.0 Å². The molecule has 1 amide bonds. The number of nitrogens with zero attached hydrogens (tertiary/aromatic N) is 1. The molecule has 1 aromatic carbocycles. The van der Waals surface area contributed by atoms with Crippen molar-refractivity contribution in [2.75, 3.05) is 20.3 Å². The molecular weight excluding hydrogens is 328 g/mol. The molecule has 0 unspecified atom stereocenters. The minimum atomic E-state index is -0.144. The molecular formula is C17H20N2O4S. The Morgan fingerprint density at radius 3 is 3.08 bits per heavy atom. The number of amides is 1. The number of ether oxygens (including phenoxy) is 3. The number of carbonyl (C=O) groups is 1. The molecule has 1 saturated heterocycles. The lowest BCUT2D eigenvalue weighted by Crippen LogP contribution is -2.31.